The first-order valence-corrected chi connectivity index (χ1v) is 12.3. The number of benzene rings is 1. The van der Waals surface area contributed by atoms with E-state index in [2.05, 4.69) is 58.9 Å². The highest BCUT2D eigenvalue weighted by molar-refractivity contribution is 5.98. The first-order valence-electron chi connectivity index (χ1n) is 12.3. The van der Waals surface area contributed by atoms with E-state index in [9.17, 15) is 4.79 Å². The van der Waals surface area contributed by atoms with Crippen LogP contribution in [-0.2, 0) is 11.8 Å². The van der Waals surface area contributed by atoms with E-state index in [1.54, 1.807) is 7.11 Å². The summed E-state index contributed by atoms with van der Waals surface area (Å²) in [5.74, 6) is -0.0336. The van der Waals surface area contributed by atoms with Crippen LogP contribution in [0.15, 0.2) is 77.9 Å². The standard InChI is InChI=1S/C28H34N4O2/c1-4-28(14-15-29-27(33)21-10-9-20-13-17-31(2)25(20)18-21)26-8-6-5-7-16-32(26)24-12-11-22(34-3)19-23(24)30-28/h5-6,8-10,12-13,17-19,22,30H,4,7,11,14-16H2,1-3H3,(H,29,33). The van der Waals surface area contributed by atoms with Crippen LogP contribution in [0.3, 0.4) is 0 Å². The van der Waals surface area contributed by atoms with E-state index in [4.69, 9.17) is 4.74 Å². The maximum absolute atomic E-state index is 13.0. The smallest absolute Gasteiger partial charge is 0.251 e. The number of amides is 1. The fourth-order valence-corrected chi connectivity index (χ4v) is 5.39. The Kier molecular flexibility index (Phi) is 6.09. The van der Waals surface area contributed by atoms with Gasteiger partial charge in [-0.2, -0.15) is 0 Å². The van der Waals surface area contributed by atoms with Gasteiger partial charge >= 0.3 is 0 Å². The van der Waals surface area contributed by atoms with E-state index in [1.807, 2.05) is 36.0 Å². The van der Waals surface area contributed by atoms with Gasteiger partial charge in [-0.3, -0.25) is 4.79 Å². The van der Waals surface area contributed by atoms with Crippen LogP contribution in [0.25, 0.3) is 10.9 Å². The van der Waals surface area contributed by atoms with Crippen molar-refractivity contribution in [1.82, 2.24) is 20.1 Å². The molecule has 3 aliphatic rings. The fraction of sp³-hybridized carbons (Fsp3) is 0.393. The molecule has 0 spiro atoms. The highest BCUT2D eigenvalue weighted by Gasteiger charge is 2.43. The summed E-state index contributed by atoms with van der Waals surface area (Å²) in [5.41, 5.74) is 5.16. The third-order valence-electron chi connectivity index (χ3n) is 7.42. The third kappa shape index (κ3) is 3.96. The van der Waals surface area contributed by atoms with Crippen LogP contribution in [0, 0.1) is 0 Å². The molecule has 1 aromatic carbocycles. The molecule has 178 valence electrons. The Labute approximate surface area is 201 Å². The molecule has 0 radical (unpaired) electrons. The number of nitrogens with one attached hydrogen (secondary N) is 2. The summed E-state index contributed by atoms with van der Waals surface area (Å²) in [6.07, 6.45) is 16.9. The summed E-state index contributed by atoms with van der Waals surface area (Å²) in [6.45, 7) is 3.76. The molecule has 2 aromatic rings. The monoisotopic (exact) mass is 458 g/mol. The summed E-state index contributed by atoms with van der Waals surface area (Å²) in [5, 5.41) is 8.18. The molecular weight excluding hydrogens is 424 g/mol. The van der Waals surface area contributed by atoms with Gasteiger partial charge in [0.2, 0.25) is 0 Å². The van der Waals surface area contributed by atoms with Crippen molar-refractivity contribution < 1.29 is 9.53 Å². The number of nitrogens with zero attached hydrogens (tertiary/aromatic N) is 2. The van der Waals surface area contributed by atoms with Gasteiger partial charge in [-0.25, -0.2) is 0 Å². The molecule has 1 amide bonds. The Morgan fingerprint density at radius 2 is 2.21 bits per heavy atom. The third-order valence-corrected chi connectivity index (χ3v) is 7.42. The van der Waals surface area contributed by atoms with E-state index in [0.29, 0.717) is 12.1 Å². The number of hydrogen-bond donors (Lipinski definition) is 2. The van der Waals surface area contributed by atoms with Crippen LogP contribution in [0.1, 0.15) is 43.0 Å². The van der Waals surface area contributed by atoms with Crippen LogP contribution in [-0.4, -0.2) is 47.2 Å². The summed E-state index contributed by atoms with van der Waals surface area (Å²) in [4.78, 5) is 15.5. The topological polar surface area (TPSA) is 58.5 Å². The number of carbonyl (C=O) groups excluding carboxylic acids is 1. The number of hydrogen-bond acceptors (Lipinski definition) is 4. The second-order valence-corrected chi connectivity index (χ2v) is 9.37. The molecule has 1 saturated heterocycles. The van der Waals surface area contributed by atoms with Crippen molar-refractivity contribution in [2.24, 2.45) is 7.05 Å². The van der Waals surface area contributed by atoms with E-state index < -0.39 is 0 Å². The lowest BCUT2D eigenvalue weighted by Gasteiger charge is -2.50. The Bertz CT molecular complexity index is 1220. The summed E-state index contributed by atoms with van der Waals surface area (Å²) in [7, 11) is 3.77. The first-order chi connectivity index (χ1) is 16.5. The predicted molar refractivity (Wildman–Crippen MR) is 136 cm³/mol. The average molecular weight is 459 g/mol. The van der Waals surface area contributed by atoms with Crippen LogP contribution >= 0.6 is 0 Å². The van der Waals surface area contributed by atoms with E-state index in [1.165, 1.54) is 11.4 Å². The largest absolute Gasteiger partial charge is 0.377 e. The molecule has 6 heteroatoms. The molecule has 5 rings (SSSR count). The minimum Gasteiger partial charge on any atom is -0.377 e. The minimum absolute atomic E-state index is 0.0336. The van der Waals surface area contributed by atoms with E-state index in [-0.39, 0.29) is 17.6 Å². The molecule has 6 nitrogen and oxygen atoms in total. The number of ether oxygens (including phenoxy) is 1. The van der Waals surface area contributed by atoms with Crippen LogP contribution in [0.5, 0.6) is 0 Å². The normalized spacial score (nSPS) is 23.8. The summed E-state index contributed by atoms with van der Waals surface area (Å²) >= 11 is 0. The minimum atomic E-state index is -0.261. The summed E-state index contributed by atoms with van der Waals surface area (Å²) in [6, 6.07) is 7.94. The van der Waals surface area contributed by atoms with Gasteiger partial charge in [-0.05, 0) is 61.4 Å². The van der Waals surface area contributed by atoms with E-state index in [0.717, 1.165) is 48.8 Å². The second-order valence-electron chi connectivity index (χ2n) is 9.37. The Balaban J connectivity index is 1.36. The number of aromatic nitrogens is 1. The number of methoxy groups -OCH3 is 1. The van der Waals surface area contributed by atoms with Gasteiger partial charge in [-0.1, -0.05) is 31.2 Å². The molecule has 0 saturated carbocycles. The van der Waals surface area contributed by atoms with Crippen molar-refractivity contribution in [1.29, 1.82) is 0 Å². The van der Waals surface area contributed by atoms with E-state index >= 15 is 0 Å². The Hall–Kier alpha value is -3.25. The average Bonchev–Trinajstić information content (AvgIpc) is 3.06. The number of aryl methyl sites for hydroxylation is 1. The highest BCUT2D eigenvalue weighted by atomic mass is 16.5. The second kappa shape index (κ2) is 9.18. The quantitative estimate of drug-likeness (QED) is 0.674. The van der Waals surface area contributed by atoms with Gasteiger partial charge in [0.1, 0.15) is 0 Å². The van der Waals surface area contributed by atoms with Crippen molar-refractivity contribution in [3.8, 4) is 0 Å². The molecule has 2 N–H and O–H groups in total. The lowest BCUT2D eigenvalue weighted by atomic mass is 9.82. The lowest BCUT2D eigenvalue weighted by Crippen LogP contribution is -2.57. The molecule has 3 heterocycles. The lowest BCUT2D eigenvalue weighted by molar-refractivity contribution is 0.0948. The Morgan fingerprint density at radius 1 is 1.32 bits per heavy atom. The molecular formula is C28H34N4O2. The van der Waals surface area contributed by atoms with Crippen molar-refractivity contribution in [3.63, 3.8) is 0 Å². The van der Waals surface area contributed by atoms with Crippen molar-refractivity contribution in [2.45, 2.75) is 44.2 Å². The molecule has 2 atom stereocenters. The molecule has 2 aliphatic heterocycles. The van der Waals surface area contributed by atoms with Crippen molar-refractivity contribution in [2.75, 3.05) is 20.2 Å². The predicted octanol–water partition coefficient (Wildman–Crippen LogP) is 4.38. The fourth-order valence-electron chi connectivity index (χ4n) is 5.39. The molecule has 2 unspecified atom stereocenters. The number of allylic oxidation sites excluding steroid dienone is 2. The SMILES string of the molecule is CCC1(CCNC(=O)c2ccc3ccn(C)c3c2)NC2=CC(OC)CC=C2N2CCC=CC=C21. The maximum Gasteiger partial charge on any atom is 0.251 e. The zero-order valence-electron chi connectivity index (χ0n) is 20.3. The van der Waals surface area contributed by atoms with Gasteiger partial charge < -0.3 is 24.8 Å². The highest BCUT2D eigenvalue weighted by Crippen LogP contribution is 2.41. The zero-order chi connectivity index (χ0) is 23.7. The molecule has 0 bridgehead atoms. The van der Waals surface area contributed by atoms with Gasteiger partial charge in [0.15, 0.2) is 0 Å². The Morgan fingerprint density at radius 3 is 3.03 bits per heavy atom. The molecule has 1 aromatic heterocycles. The van der Waals surface area contributed by atoms with Gasteiger partial charge in [-0.15, -0.1) is 0 Å². The number of rotatable bonds is 6. The van der Waals surface area contributed by atoms with Gasteiger partial charge in [0.05, 0.1) is 23.0 Å². The van der Waals surface area contributed by atoms with Gasteiger partial charge in [0.25, 0.3) is 5.91 Å². The maximum atomic E-state index is 13.0. The van der Waals surface area contributed by atoms with Crippen molar-refractivity contribution in [3.05, 3.63) is 83.5 Å². The number of fused-ring (bicyclic) bond motifs is 4. The molecule has 34 heavy (non-hydrogen) atoms. The van der Waals surface area contributed by atoms with Crippen LogP contribution < -0.4 is 10.6 Å². The van der Waals surface area contributed by atoms with Gasteiger partial charge in [0, 0.05) is 50.2 Å². The molecule has 1 aliphatic carbocycles. The molecule has 1 fully saturated rings. The zero-order valence-corrected chi connectivity index (χ0v) is 20.3. The van der Waals surface area contributed by atoms with Crippen LogP contribution in [0.2, 0.25) is 0 Å². The van der Waals surface area contributed by atoms with Crippen molar-refractivity contribution >= 4 is 16.8 Å². The number of carbonyl (C=O) groups is 1. The summed E-state index contributed by atoms with van der Waals surface area (Å²) < 4.78 is 7.67. The first kappa shape index (κ1) is 22.5. The number of piperazine rings is 1. The van der Waals surface area contributed by atoms with Crippen LogP contribution in [0.4, 0.5) is 0 Å².